The zero-order valence-electron chi connectivity index (χ0n) is 4.37. The van der Waals surface area contributed by atoms with Crippen LogP contribution in [0.25, 0.3) is 0 Å². The summed E-state index contributed by atoms with van der Waals surface area (Å²) in [6.07, 6.45) is -0.306. The molecule has 0 aromatic heterocycles. The van der Waals surface area contributed by atoms with E-state index in [9.17, 15) is 10.1 Å². The molecule has 0 unspecified atom stereocenters. The zero-order chi connectivity index (χ0) is 6.78. The van der Waals surface area contributed by atoms with Crippen LogP contribution in [0.1, 0.15) is 13.3 Å². The molecule has 5 heteroatoms. The lowest BCUT2D eigenvalue weighted by atomic mass is 10.4. The van der Waals surface area contributed by atoms with Gasteiger partial charge in [-0.1, -0.05) is 6.92 Å². The smallest absolute Gasteiger partial charge is 0.307 e. The molecular formula is C3H7NO4. The maximum absolute atomic E-state index is 9.56. The van der Waals surface area contributed by atoms with Gasteiger partial charge in [0.1, 0.15) is 0 Å². The Morgan fingerprint density at radius 3 is 2.12 bits per heavy atom. The number of nitro groups is 1. The lowest BCUT2D eigenvalue weighted by Crippen LogP contribution is -2.36. The van der Waals surface area contributed by atoms with E-state index >= 15 is 0 Å². The predicted molar refractivity (Wildman–Crippen MR) is 24.5 cm³/mol. The lowest BCUT2D eigenvalue weighted by molar-refractivity contribution is -0.683. The quantitative estimate of drug-likeness (QED) is 0.288. The van der Waals surface area contributed by atoms with Crippen LogP contribution in [-0.2, 0) is 0 Å². The first-order valence-corrected chi connectivity index (χ1v) is 2.10. The molecule has 0 aliphatic carbocycles. The molecule has 0 saturated heterocycles. The van der Waals surface area contributed by atoms with Crippen molar-refractivity contribution in [3.05, 3.63) is 10.1 Å². The number of hydrogen-bond acceptors (Lipinski definition) is 4. The van der Waals surface area contributed by atoms with Crippen LogP contribution in [0.3, 0.4) is 0 Å². The second kappa shape index (κ2) is 2.06. The van der Waals surface area contributed by atoms with Gasteiger partial charge >= 0.3 is 5.91 Å². The highest BCUT2D eigenvalue weighted by atomic mass is 16.7. The van der Waals surface area contributed by atoms with E-state index in [0.717, 1.165) is 0 Å². The maximum Gasteiger partial charge on any atom is 0.436 e. The molecule has 5 nitrogen and oxygen atoms in total. The van der Waals surface area contributed by atoms with Gasteiger partial charge in [0.25, 0.3) is 0 Å². The number of rotatable bonds is 2. The minimum atomic E-state index is -2.74. The van der Waals surface area contributed by atoms with Crippen molar-refractivity contribution in [2.45, 2.75) is 19.3 Å². The Bertz CT molecular complexity index is 99.5. The van der Waals surface area contributed by atoms with Crippen molar-refractivity contribution in [1.29, 1.82) is 0 Å². The van der Waals surface area contributed by atoms with Crippen LogP contribution < -0.4 is 0 Å². The SMILES string of the molecule is CCC(O)(O)[N+](=O)[O-]. The van der Waals surface area contributed by atoms with Gasteiger partial charge in [0.2, 0.25) is 0 Å². The maximum atomic E-state index is 9.56. The third-order valence-electron chi connectivity index (χ3n) is 0.767. The van der Waals surface area contributed by atoms with Crippen molar-refractivity contribution in [2.75, 3.05) is 0 Å². The van der Waals surface area contributed by atoms with E-state index in [1.807, 2.05) is 0 Å². The first kappa shape index (κ1) is 7.32. The predicted octanol–water partition coefficient (Wildman–Crippen LogP) is -0.689. The Kier molecular flexibility index (Phi) is 1.88. The van der Waals surface area contributed by atoms with Crippen LogP contribution in [0.4, 0.5) is 0 Å². The Morgan fingerprint density at radius 1 is 1.75 bits per heavy atom. The average Bonchev–Trinajstić information content (AvgIpc) is 1.67. The molecule has 0 saturated carbocycles. The van der Waals surface area contributed by atoms with Gasteiger partial charge in [0.05, 0.1) is 11.3 Å². The van der Waals surface area contributed by atoms with Gasteiger partial charge in [0.15, 0.2) is 0 Å². The molecule has 0 aliphatic rings. The van der Waals surface area contributed by atoms with E-state index in [2.05, 4.69) is 0 Å². The number of hydrogen-bond donors (Lipinski definition) is 2. The molecule has 0 heterocycles. The summed E-state index contributed by atoms with van der Waals surface area (Å²) in [6.45, 7) is 1.31. The Morgan fingerprint density at radius 2 is 2.12 bits per heavy atom. The van der Waals surface area contributed by atoms with E-state index in [1.165, 1.54) is 6.92 Å². The van der Waals surface area contributed by atoms with Crippen LogP contribution >= 0.6 is 0 Å². The zero-order valence-corrected chi connectivity index (χ0v) is 4.37. The minimum Gasteiger partial charge on any atom is -0.307 e. The average molecular weight is 121 g/mol. The Balaban J connectivity index is 3.91. The van der Waals surface area contributed by atoms with Gasteiger partial charge in [-0.15, -0.1) is 0 Å². The van der Waals surface area contributed by atoms with Gasteiger partial charge in [-0.25, -0.2) is 0 Å². The largest absolute Gasteiger partial charge is 0.436 e. The third-order valence-corrected chi connectivity index (χ3v) is 0.767. The molecule has 0 aliphatic heterocycles. The van der Waals surface area contributed by atoms with Crippen molar-refractivity contribution in [3.63, 3.8) is 0 Å². The van der Waals surface area contributed by atoms with E-state index in [0.29, 0.717) is 0 Å². The minimum absolute atomic E-state index is 0.306. The summed E-state index contributed by atoms with van der Waals surface area (Å²) in [5.41, 5.74) is 0. The summed E-state index contributed by atoms with van der Waals surface area (Å²) in [5, 5.41) is 26.1. The van der Waals surface area contributed by atoms with E-state index in [1.54, 1.807) is 0 Å². The third kappa shape index (κ3) is 1.43. The van der Waals surface area contributed by atoms with Crippen molar-refractivity contribution < 1.29 is 15.1 Å². The van der Waals surface area contributed by atoms with Crippen LogP contribution in [0.5, 0.6) is 0 Å². The van der Waals surface area contributed by atoms with Crippen LogP contribution in [0.2, 0.25) is 0 Å². The fraction of sp³-hybridized carbons (Fsp3) is 1.00. The van der Waals surface area contributed by atoms with Crippen molar-refractivity contribution in [1.82, 2.24) is 0 Å². The summed E-state index contributed by atoms with van der Waals surface area (Å²) < 4.78 is 0. The van der Waals surface area contributed by atoms with Crippen molar-refractivity contribution in [3.8, 4) is 0 Å². The summed E-state index contributed by atoms with van der Waals surface area (Å²) in [4.78, 5) is 8.41. The molecular weight excluding hydrogens is 114 g/mol. The molecule has 48 valence electrons. The molecule has 0 aromatic rings. The molecule has 0 bridgehead atoms. The molecule has 0 rings (SSSR count). The Hall–Kier alpha value is -0.680. The normalized spacial score (nSPS) is 11.4. The van der Waals surface area contributed by atoms with Crippen molar-refractivity contribution in [2.24, 2.45) is 0 Å². The molecule has 0 atom stereocenters. The first-order valence-electron chi connectivity index (χ1n) is 2.10. The fourth-order valence-corrected chi connectivity index (χ4v) is 0.129. The highest BCUT2D eigenvalue weighted by Crippen LogP contribution is 2.03. The molecule has 2 N–H and O–H groups in total. The summed E-state index contributed by atoms with van der Waals surface area (Å²) in [5.74, 6) is -2.74. The van der Waals surface area contributed by atoms with Gasteiger partial charge in [-0.05, 0) is 0 Å². The standard InChI is InChI=1S/C3H7NO4/c1-2-3(5,6)4(7)8/h5-6H,2H2,1H3. The van der Waals surface area contributed by atoms with Crippen LogP contribution in [-0.4, -0.2) is 21.0 Å². The van der Waals surface area contributed by atoms with E-state index in [4.69, 9.17) is 10.2 Å². The highest BCUT2D eigenvalue weighted by molar-refractivity contribution is 4.40. The molecule has 0 amide bonds. The second-order valence-electron chi connectivity index (χ2n) is 1.39. The number of nitrogens with zero attached hydrogens (tertiary/aromatic N) is 1. The molecule has 0 spiro atoms. The van der Waals surface area contributed by atoms with E-state index in [-0.39, 0.29) is 6.42 Å². The Labute approximate surface area is 45.7 Å². The van der Waals surface area contributed by atoms with Gasteiger partial charge < -0.3 is 10.2 Å². The van der Waals surface area contributed by atoms with Gasteiger partial charge in [0, 0.05) is 0 Å². The van der Waals surface area contributed by atoms with Gasteiger partial charge in [-0.3, -0.25) is 10.1 Å². The lowest BCUT2D eigenvalue weighted by Gasteiger charge is -2.07. The first-order chi connectivity index (χ1) is 3.50. The highest BCUT2D eigenvalue weighted by Gasteiger charge is 2.34. The molecule has 8 heavy (non-hydrogen) atoms. The summed E-state index contributed by atoms with van der Waals surface area (Å²) in [7, 11) is 0. The summed E-state index contributed by atoms with van der Waals surface area (Å²) in [6, 6.07) is 0. The number of aliphatic hydroxyl groups is 2. The second-order valence-corrected chi connectivity index (χ2v) is 1.39. The topological polar surface area (TPSA) is 83.6 Å². The van der Waals surface area contributed by atoms with Crippen LogP contribution in [0.15, 0.2) is 0 Å². The summed E-state index contributed by atoms with van der Waals surface area (Å²) >= 11 is 0. The van der Waals surface area contributed by atoms with Gasteiger partial charge in [-0.2, -0.15) is 0 Å². The van der Waals surface area contributed by atoms with Crippen molar-refractivity contribution >= 4 is 0 Å². The molecule has 0 aromatic carbocycles. The molecule has 0 radical (unpaired) electrons. The monoisotopic (exact) mass is 121 g/mol. The fourth-order valence-electron chi connectivity index (χ4n) is 0.129. The molecule has 0 fully saturated rings. The van der Waals surface area contributed by atoms with Crippen LogP contribution in [0, 0.1) is 10.1 Å². The van der Waals surface area contributed by atoms with E-state index < -0.39 is 10.8 Å².